The van der Waals surface area contributed by atoms with Crippen molar-refractivity contribution in [2.45, 2.75) is 51.9 Å². The van der Waals surface area contributed by atoms with Crippen LogP contribution in [0.5, 0.6) is 5.75 Å². The summed E-state index contributed by atoms with van der Waals surface area (Å²) in [5, 5.41) is 6.93. The summed E-state index contributed by atoms with van der Waals surface area (Å²) in [6.07, 6.45) is 1.53. The van der Waals surface area contributed by atoms with Gasteiger partial charge in [0, 0.05) is 43.6 Å². The van der Waals surface area contributed by atoms with Crippen LogP contribution in [-0.2, 0) is 22.5 Å². The molecule has 0 bridgehead atoms. The van der Waals surface area contributed by atoms with E-state index >= 15 is 0 Å². The van der Waals surface area contributed by atoms with Gasteiger partial charge in [0.2, 0.25) is 17.6 Å². The molecule has 36 heavy (non-hydrogen) atoms. The number of nitrogens with zero attached hydrogens (tertiary/aromatic N) is 3. The lowest BCUT2D eigenvalue weighted by atomic mass is 10.1. The lowest BCUT2D eigenvalue weighted by Gasteiger charge is -2.35. The van der Waals surface area contributed by atoms with Gasteiger partial charge in [0.15, 0.2) is 0 Å². The van der Waals surface area contributed by atoms with E-state index in [9.17, 15) is 9.59 Å². The van der Waals surface area contributed by atoms with Gasteiger partial charge in [-0.2, -0.15) is 4.98 Å². The number of ether oxygens (including phenoxy) is 2. The zero-order chi connectivity index (χ0) is 25.5. The number of methoxy groups -OCH3 is 1. The van der Waals surface area contributed by atoms with Crippen LogP contribution in [0.25, 0.3) is 11.4 Å². The molecule has 1 aliphatic heterocycles. The van der Waals surface area contributed by atoms with Crippen molar-refractivity contribution in [2.75, 3.05) is 20.2 Å². The second kappa shape index (κ2) is 11.8. The lowest BCUT2D eigenvalue weighted by Crippen LogP contribution is -2.48. The van der Waals surface area contributed by atoms with E-state index in [1.807, 2.05) is 67.3 Å². The van der Waals surface area contributed by atoms with Crippen LogP contribution in [-0.4, -0.2) is 59.3 Å². The molecule has 0 spiro atoms. The molecule has 0 radical (unpaired) electrons. The largest absolute Gasteiger partial charge is 0.497 e. The van der Waals surface area contributed by atoms with Crippen LogP contribution in [0, 0.1) is 0 Å². The van der Waals surface area contributed by atoms with Gasteiger partial charge in [0.05, 0.1) is 19.3 Å². The molecule has 9 heteroatoms. The topological polar surface area (TPSA) is 107 Å². The van der Waals surface area contributed by atoms with Crippen molar-refractivity contribution in [3.8, 4) is 17.1 Å². The van der Waals surface area contributed by atoms with Crippen molar-refractivity contribution in [1.82, 2.24) is 20.4 Å². The summed E-state index contributed by atoms with van der Waals surface area (Å²) in [5.41, 5.74) is 2.41. The van der Waals surface area contributed by atoms with Gasteiger partial charge in [0.25, 0.3) is 5.91 Å². The summed E-state index contributed by atoms with van der Waals surface area (Å²) in [5.74, 6) is 1.72. The fraction of sp³-hybridized carbons (Fsp3) is 0.407. The van der Waals surface area contributed by atoms with E-state index in [1.165, 1.54) is 0 Å². The van der Waals surface area contributed by atoms with Gasteiger partial charge in [-0.15, -0.1) is 0 Å². The molecule has 1 aromatic heterocycles. The van der Waals surface area contributed by atoms with E-state index in [0.29, 0.717) is 56.2 Å². The van der Waals surface area contributed by atoms with Crippen molar-refractivity contribution in [3.05, 3.63) is 65.5 Å². The summed E-state index contributed by atoms with van der Waals surface area (Å²) in [4.78, 5) is 31.3. The van der Waals surface area contributed by atoms with Gasteiger partial charge >= 0.3 is 0 Å². The molecule has 1 saturated heterocycles. The predicted octanol–water partition coefficient (Wildman–Crippen LogP) is 3.63. The minimum absolute atomic E-state index is 0.00348. The Labute approximate surface area is 210 Å². The Kier molecular flexibility index (Phi) is 8.32. The highest BCUT2D eigenvalue weighted by atomic mass is 16.5. The molecule has 2 atom stereocenters. The predicted molar refractivity (Wildman–Crippen MR) is 133 cm³/mol. The Bertz CT molecular complexity index is 1150. The van der Waals surface area contributed by atoms with Crippen LogP contribution >= 0.6 is 0 Å². The third kappa shape index (κ3) is 6.69. The molecule has 2 amide bonds. The number of carbonyl (C=O) groups is 2. The molecule has 2 heterocycles. The Morgan fingerprint density at radius 2 is 1.75 bits per heavy atom. The Hall–Kier alpha value is -3.72. The third-order valence-electron chi connectivity index (χ3n) is 6.01. The molecule has 9 nitrogen and oxygen atoms in total. The standard InChI is InChI=1S/C27H32N4O5/c1-18-16-31(17-19(2)35-18)27(33)22-9-7-20(8-10-22)15-28-24(32)5-4-6-25-29-26(30-36-25)21-11-13-23(34-3)14-12-21/h7-14,18-19H,4-6,15-17H2,1-3H3,(H,28,32). The second-order valence-electron chi connectivity index (χ2n) is 9.03. The Balaban J connectivity index is 1.19. The maximum Gasteiger partial charge on any atom is 0.254 e. The first-order valence-corrected chi connectivity index (χ1v) is 12.2. The number of amides is 2. The number of carbonyl (C=O) groups excluding carboxylic acids is 2. The van der Waals surface area contributed by atoms with Crippen molar-refractivity contribution in [1.29, 1.82) is 0 Å². The van der Waals surface area contributed by atoms with Gasteiger partial charge in [-0.3, -0.25) is 9.59 Å². The van der Waals surface area contributed by atoms with Gasteiger partial charge in [-0.05, 0) is 62.2 Å². The average Bonchev–Trinajstić information content (AvgIpc) is 3.36. The number of nitrogens with one attached hydrogen (secondary N) is 1. The second-order valence-corrected chi connectivity index (χ2v) is 9.03. The first kappa shape index (κ1) is 25.4. The first-order valence-electron chi connectivity index (χ1n) is 12.2. The number of aromatic nitrogens is 2. The minimum Gasteiger partial charge on any atom is -0.497 e. The average molecular weight is 493 g/mol. The number of hydrogen-bond donors (Lipinski definition) is 1. The molecule has 190 valence electrons. The van der Waals surface area contributed by atoms with E-state index in [4.69, 9.17) is 14.0 Å². The Morgan fingerprint density at radius 3 is 2.42 bits per heavy atom. The van der Waals surface area contributed by atoms with Crippen LogP contribution < -0.4 is 10.1 Å². The highest BCUT2D eigenvalue weighted by molar-refractivity contribution is 5.94. The van der Waals surface area contributed by atoms with Gasteiger partial charge in [-0.25, -0.2) is 0 Å². The van der Waals surface area contributed by atoms with Crippen molar-refractivity contribution < 1.29 is 23.6 Å². The number of benzene rings is 2. The van der Waals surface area contributed by atoms with Crippen molar-refractivity contribution in [3.63, 3.8) is 0 Å². The zero-order valence-electron chi connectivity index (χ0n) is 20.9. The SMILES string of the molecule is COc1ccc(-c2noc(CCCC(=O)NCc3ccc(C(=O)N4CC(C)OC(C)C4)cc3)n2)cc1. The molecule has 2 aromatic carbocycles. The fourth-order valence-electron chi connectivity index (χ4n) is 4.19. The van der Waals surface area contributed by atoms with Crippen LogP contribution in [0.15, 0.2) is 53.1 Å². The normalized spacial score (nSPS) is 17.6. The van der Waals surface area contributed by atoms with E-state index in [1.54, 1.807) is 7.11 Å². The molecule has 1 aliphatic rings. The molecule has 0 aliphatic carbocycles. The Morgan fingerprint density at radius 1 is 1.06 bits per heavy atom. The van der Waals surface area contributed by atoms with Gasteiger partial charge in [0.1, 0.15) is 5.75 Å². The summed E-state index contributed by atoms with van der Waals surface area (Å²) >= 11 is 0. The third-order valence-corrected chi connectivity index (χ3v) is 6.01. The van der Waals surface area contributed by atoms with Gasteiger partial charge < -0.3 is 24.2 Å². The number of morpholine rings is 1. The molecule has 3 aromatic rings. The molecule has 2 unspecified atom stereocenters. The number of hydrogen-bond acceptors (Lipinski definition) is 7. The number of rotatable bonds is 9. The first-order chi connectivity index (χ1) is 17.4. The smallest absolute Gasteiger partial charge is 0.254 e. The van der Waals surface area contributed by atoms with Crippen molar-refractivity contribution in [2.24, 2.45) is 0 Å². The van der Waals surface area contributed by atoms with Crippen LogP contribution in [0.3, 0.4) is 0 Å². The summed E-state index contributed by atoms with van der Waals surface area (Å²) < 4.78 is 16.2. The van der Waals surface area contributed by atoms with Gasteiger partial charge in [-0.1, -0.05) is 17.3 Å². The van der Waals surface area contributed by atoms with Crippen molar-refractivity contribution >= 4 is 11.8 Å². The fourth-order valence-corrected chi connectivity index (χ4v) is 4.19. The van der Waals surface area contributed by atoms with Crippen LogP contribution in [0.2, 0.25) is 0 Å². The highest BCUT2D eigenvalue weighted by Crippen LogP contribution is 2.20. The summed E-state index contributed by atoms with van der Waals surface area (Å²) in [6.45, 7) is 5.54. The van der Waals surface area contributed by atoms with Crippen LogP contribution in [0.4, 0.5) is 0 Å². The van der Waals surface area contributed by atoms with E-state index in [0.717, 1.165) is 16.9 Å². The minimum atomic E-state index is -0.0543. The summed E-state index contributed by atoms with van der Waals surface area (Å²) in [7, 11) is 1.61. The summed E-state index contributed by atoms with van der Waals surface area (Å²) in [6, 6.07) is 14.8. The quantitative estimate of drug-likeness (QED) is 0.486. The lowest BCUT2D eigenvalue weighted by molar-refractivity contribution is -0.121. The van der Waals surface area contributed by atoms with E-state index in [2.05, 4.69) is 15.5 Å². The molecule has 4 rings (SSSR count). The van der Waals surface area contributed by atoms with Crippen LogP contribution in [0.1, 0.15) is 48.5 Å². The maximum absolute atomic E-state index is 12.8. The number of aryl methyl sites for hydroxylation is 1. The molecular formula is C27H32N4O5. The monoisotopic (exact) mass is 492 g/mol. The molecule has 0 saturated carbocycles. The van der Waals surface area contributed by atoms with E-state index in [-0.39, 0.29) is 24.0 Å². The molecule has 1 fully saturated rings. The maximum atomic E-state index is 12.8. The zero-order valence-corrected chi connectivity index (χ0v) is 20.9. The van der Waals surface area contributed by atoms with E-state index < -0.39 is 0 Å². The highest BCUT2D eigenvalue weighted by Gasteiger charge is 2.26. The molecular weight excluding hydrogens is 460 g/mol. The molecule has 1 N–H and O–H groups in total.